The number of ether oxygens (including phenoxy) is 2. The van der Waals surface area contributed by atoms with Crippen LogP contribution in [0, 0.1) is 0 Å². The summed E-state index contributed by atoms with van der Waals surface area (Å²) in [5.41, 5.74) is 13.2. The minimum Gasteiger partial charge on any atom is -0.494 e. The number of carboxylic acid groups (broad SMARTS) is 1. The fourth-order valence-electron chi connectivity index (χ4n) is 2.73. The lowest BCUT2D eigenvalue weighted by Gasteiger charge is -2.15. The Labute approximate surface area is 192 Å². The van der Waals surface area contributed by atoms with E-state index in [-0.39, 0.29) is 25.6 Å². The van der Waals surface area contributed by atoms with Gasteiger partial charge in [-0.3, -0.25) is 0 Å². The van der Waals surface area contributed by atoms with E-state index < -0.39 is 18.1 Å². The zero-order valence-corrected chi connectivity index (χ0v) is 18.4. The number of guanidine groups is 1. The molecule has 2 aromatic carbocycles. The van der Waals surface area contributed by atoms with Crippen molar-refractivity contribution in [1.29, 1.82) is 0 Å². The van der Waals surface area contributed by atoms with E-state index in [1.807, 2.05) is 49.4 Å². The second-order valence-electron chi connectivity index (χ2n) is 7.24. The normalized spacial score (nSPS) is 11.8. The highest BCUT2D eigenvalue weighted by Crippen LogP contribution is 2.14. The van der Waals surface area contributed by atoms with Crippen molar-refractivity contribution in [1.82, 2.24) is 5.32 Å². The Bertz CT molecular complexity index is 957. The van der Waals surface area contributed by atoms with Gasteiger partial charge in [0.05, 0.1) is 6.61 Å². The maximum Gasteiger partial charge on any atom is 0.408 e. The molecule has 0 saturated carbocycles. The van der Waals surface area contributed by atoms with Crippen molar-refractivity contribution < 1.29 is 24.2 Å². The number of aliphatic carboxylic acids is 1. The molecular formula is C23H29N5O5. The summed E-state index contributed by atoms with van der Waals surface area (Å²) in [6.45, 7) is 2.01. The third-order valence-electron chi connectivity index (χ3n) is 4.51. The molecule has 0 aliphatic carbocycles. The molecule has 0 spiro atoms. The number of hydrogen-bond donors (Lipinski definition) is 4. The van der Waals surface area contributed by atoms with Crippen LogP contribution in [0.15, 0.2) is 64.8 Å². The minimum absolute atomic E-state index is 0.0571. The number of nitrogens with one attached hydrogen (secondary N) is 1. The van der Waals surface area contributed by atoms with Gasteiger partial charge in [0.15, 0.2) is 0 Å². The molecule has 10 nitrogen and oxygen atoms in total. The molecule has 1 amide bonds. The highest BCUT2D eigenvalue weighted by Gasteiger charge is 2.20. The quantitative estimate of drug-likeness (QED) is 0.217. The molecule has 0 aromatic heterocycles. The molecule has 0 aliphatic heterocycles. The van der Waals surface area contributed by atoms with E-state index >= 15 is 0 Å². The highest BCUT2D eigenvalue weighted by atomic mass is 16.5. The maximum atomic E-state index is 11.9. The molecule has 0 heterocycles. The first-order valence-electron chi connectivity index (χ1n) is 10.4. The number of nitrogens with zero attached hydrogens (tertiary/aromatic N) is 2. The second-order valence-corrected chi connectivity index (χ2v) is 7.24. The van der Waals surface area contributed by atoms with Gasteiger partial charge in [0.25, 0.3) is 0 Å². The van der Waals surface area contributed by atoms with E-state index in [2.05, 4.69) is 15.5 Å². The van der Waals surface area contributed by atoms with Crippen LogP contribution in [0.2, 0.25) is 0 Å². The highest BCUT2D eigenvalue weighted by molar-refractivity contribution is 5.83. The van der Waals surface area contributed by atoms with Crippen LogP contribution in [0.4, 0.5) is 4.79 Å². The number of carbonyl (C=O) groups excluding carboxylic acids is 1. The summed E-state index contributed by atoms with van der Waals surface area (Å²) in [5.74, 6) is -0.649. The topological polar surface area (TPSA) is 162 Å². The molecule has 176 valence electrons. The zero-order valence-electron chi connectivity index (χ0n) is 18.4. The molecule has 1 atom stereocenters. The Hall–Kier alpha value is -4.08. The first-order valence-corrected chi connectivity index (χ1v) is 10.4. The first kappa shape index (κ1) is 25.2. The number of carbonyl (C=O) groups is 2. The molecule has 0 bridgehead atoms. The van der Waals surface area contributed by atoms with E-state index in [4.69, 9.17) is 20.9 Å². The Morgan fingerprint density at radius 2 is 1.73 bits per heavy atom. The molecule has 1 unspecified atom stereocenters. The van der Waals surface area contributed by atoms with Gasteiger partial charge < -0.3 is 31.4 Å². The smallest absolute Gasteiger partial charge is 0.408 e. The Morgan fingerprint density at radius 3 is 2.36 bits per heavy atom. The molecular weight excluding hydrogens is 426 g/mol. The van der Waals surface area contributed by atoms with Crippen molar-refractivity contribution in [3.8, 4) is 5.75 Å². The summed E-state index contributed by atoms with van der Waals surface area (Å²) < 4.78 is 10.7. The number of alkyl carbamates (subject to hydrolysis) is 1. The third kappa shape index (κ3) is 10.2. The van der Waals surface area contributed by atoms with E-state index in [9.17, 15) is 14.7 Å². The Balaban J connectivity index is 1.74. The van der Waals surface area contributed by atoms with E-state index in [0.717, 1.165) is 23.3 Å². The van der Waals surface area contributed by atoms with Gasteiger partial charge in [-0.2, -0.15) is 5.10 Å². The largest absolute Gasteiger partial charge is 0.494 e. The van der Waals surface area contributed by atoms with Crippen molar-refractivity contribution in [2.45, 2.75) is 38.8 Å². The van der Waals surface area contributed by atoms with Crippen LogP contribution in [-0.4, -0.2) is 41.5 Å². The average molecular weight is 456 g/mol. The minimum atomic E-state index is -1.16. The zero-order chi connectivity index (χ0) is 24.1. The number of rotatable bonds is 12. The van der Waals surface area contributed by atoms with Gasteiger partial charge in [0, 0.05) is 12.1 Å². The SMILES string of the molecule is CC(CCc1ccc(OCCC(NC(=O)OCc2ccccc2)C(=O)O)cc1)=NN=C(N)N. The number of hydrogen-bond acceptors (Lipinski definition) is 6. The van der Waals surface area contributed by atoms with E-state index in [1.54, 1.807) is 12.1 Å². The van der Waals surface area contributed by atoms with Gasteiger partial charge in [-0.25, -0.2) is 9.59 Å². The standard InChI is InChI=1S/C23H29N5O5/c1-16(27-28-22(24)25)7-8-17-9-11-19(12-10-17)32-14-13-20(21(29)30)26-23(31)33-15-18-5-3-2-4-6-18/h2-6,9-12,20H,7-8,13-15H2,1H3,(H,26,31)(H,29,30)(H4,24,25,28). The monoisotopic (exact) mass is 455 g/mol. The second kappa shape index (κ2) is 13.4. The average Bonchev–Trinajstić information content (AvgIpc) is 2.80. The fourth-order valence-corrected chi connectivity index (χ4v) is 2.73. The third-order valence-corrected chi connectivity index (χ3v) is 4.51. The summed E-state index contributed by atoms with van der Waals surface area (Å²) in [5, 5.41) is 19.2. The van der Waals surface area contributed by atoms with Crippen molar-refractivity contribution in [2.75, 3.05) is 6.61 Å². The molecule has 0 aliphatic rings. The summed E-state index contributed by atoms with van der Waals surface area (Å²) in [6, 6.07) is 15.4. The maximum absolute atomic E-state index is 11.9. The fraction of sp³-hybridized carbons (Fsp3) is 0.304. The number of amides is 1. The van der Waals surface area contributed by atoms with Crippen LogP contribution < -0.4 is 21.5 Å². The summed E-state index contributed by atoms with van der Waals surface area (Å²) in [4.78, 5) is 23.4. The summed E-state index contributed by atoms with van der Waals surface area (Å²) in [7, 11) is 0. The van der Waals surface area contributed by atoms with Gasteiger partial charge >= 0.3 is 12.1 Å². The van der Waals surface area contributed by atoms with Crippen LogP contribution >= 0.6 is 0 Å². The number of benzene rings is 2. The lowest BCUT2D eigenvalue weighted by molar-refractivity contribution is -0.139. The van der Waals surface area contributed by atoms with E-state index in [1.165, 1.54) is 0 Å². The summed E-state index contributed by atoms with van der Waals surface area (Å²) in [6.07, 6.45) is 0.738. The first-order chi connectivity index (χ1) is 15.8. The Kier molecular flexibility index (Phi) is 10.2. The van der Waals surface area contributed by atoms with Crippen molar-refractivity contribution in [3.63, 3.8) is 0 Å². The van der Waals surface area contributed by atoms with Crippen molar-refractivity contribution in [3.05, 3.63) is 65.7 Å². The predicted molar refractivity (Wildman–Crippen MR) is 125 cm³/mol. The number of nitrogens with two attached hydrogens (primary N) is 2. The predicted octanol–water partition coefficient (Wildman–Crippen LogP) is 2.42. The van der Waals surface area contributed by atoms with Crippen LogP contribution in [0.1, 0.15) is 30.9 Å². The van der Waals surface area contributed by atoms with E-state index in [0.29, 0.717) is 12.2 Å². The van der Waals surface area contributed by atoms with Crippen molar-refractivity contribution >= 4 is 23.7 Å². The van der Waals surface area contributed by atoms with Gasteiger partial charge in [0.1, 0.15) is 18.4 Å². The molecule has 0 saturated heterocycles. The number of carboxylic acids is 1. The molecule has 2 aromatic rings. The number of aryl methyl sites for hydroxylation is 1. The van der Waals surface area contributed by atoms with Crippen molar-refractivity contribution in [2.24, 2.45) is 21.7 Å². The molecule has 6 N–H and O–H groups in total. The molecule has 0 fully saturated rings. The van der Waals surface area contributed by atoms with Crippen LogP contribution in [-0.2, 0) is 22.6 Å². The van der Waals surface area contributed by atoms with Crippen LogP contribution in [0.5, 0.6) is 5.75 Å². The van der Waals surface area contributed by atoms with Gasteiger partial charge in [0.2, 0.25) is 5.96 Å². The van der Waals surface area contributed by atoms with Gasteiger partial charge in [-0.15, -0.1) is 5.10 Å². The van der Waals surface area contributed by atoms with Crippen LogP contribution in [0.25, 0.3) is 0 Å². The summed E-state index contributed by atoms with van der Waals surface area (Å²) >= 11 is 0. The van der Waals surface area contributed by atoms with Crippen LogP contribution in [0.3, 0.4) is 0 Å². The Morgan fingerprint density at radius 1 is 1.03 bits per heavy atom. The molecule has 0 radical (unpaired) electrons. The molecule has 10 heteroatoms. The molecule has 33 heavy (non-hydrogen) atoms. The lowest BCUT2D eigenvalue weighted by Crippen LogP contribution is -2.42. The lowest BCUT2D eigenvalue weighted by atomic mass is 10.1. The van der Waals surface area contributed by atoms with Gasteiger partial charge in [-0.05, 0) is 43.0 Å². The van der Waals surface area contributed by atoms with Gasteiger partial charge in [-0.1, -0.05) is 42.5 Å². The molecule has 2 rings (SSSR count).